The summed E-state index contributed by atoms with van der Waals surface area (Å²) in [5.41, 5.74) is 5.94. The minimum absolute atomic E-state index is 0.139. The highest BCUT2D eigenvalue weighted by molar-refractivity contribution is 5.95. The van der Waals surface area contributed by atoms with E-state index in [4.69, 9.17) is 5.73 Å². The van der Waals surface area contributed by atoms with Crippen LogP contribution >= 0.6 is 0 Å². The van der Waals surface area contributed by atoms with E-state index in [9.17, 15) is 14.4 Å². The Balaban J connectivity index is 2.62. The molecule has 0 radical (unpaired) electrons. The number of urea groups is 1. The maximum absolute atomic E-state index is 12.0. The van der Waals surface area contributed by atoms with Crippen LogP contribution in [0.15, 0.2) is 24.3 Å². The Morgan fingerprint density at radius 1 is 1.25 bits per heavy atom. The summed E-state index contributed by atoms with van der Waals surface area (Å²) in [6, 6.07) is 5.63. The number of ether oxygens (including phenoxy) is 1. The van der Waals surface area contributed by atoms with Crippen molar-refractivity contribution in [2.75, 3.05) is 26.0 Å². The number of esters is 1. The molecule has 0 bridgehead atoms. The number of benzene rings is 1. The Kier molecular flexibility index (Phi) is 5.52. The second-order valence-electron chi connectivity index (χ2n) is 4.12. The third-order valence-electron chi connectivity index (χ3n) is 2.63. The fraction of sp³-hybridized carbons (Fsp3) is 0.308. The van der Waals surface area contributed by atoms with Gasteiger partial charge in [-0.1, -0.05) is 0 Å². The molecule has 7 nitrogen and oxygen atoms in total. The van der Waals surface area contributed by atoms with E-state index in [1.807, 2.05) is 0 Å². The first kappa shape index (κ1) is 15.5. The van der Waals surface area contributed by atoms with Gasteiger partial charge in [-0.3, -0.25) is 9.59 Å². The molecule has 3 N–H and O–H groups in total. The summed E-state index contributed by atoms with van der Waals surface area (Å²) < 4.78 is 4.51. The highest BCUT2D eigenvalue weighted by atomic mass is 16.5. The molecule has 0 aliphatic rings. The van der Waals surface area contributed by atoms with E-state index in [0.29, 0.717) is 11.3 Å². The average molecular weight is 279 g/mol. The molecule has 3 amide bonds. The van der Waals surface area contributed by atoms with Crippen LogP contribution in [0.2, 0.25) is 0 Å². The summed E-state index contributed by atoms with van der Waals surface area (Å²) in [6.07, 6.45) is 0.139. The topological polar surface area (TPSA) is 102 Å². The second-order valence-corrected chi connectivity index (χ2v) is 4.12. The highest BCUT2D eigenvalue weighted by Gasteiger charge is 2.13. The lowest BCUT2D eigenvalue weighted by Crippen LogP contribution is -2.29. The zero-order valence-corrected chi connectivity index (χ0v) is 11.4. The number of anilines is 1. The number of carbonyl (C=O) groups is 3. The molecular weight excluding hydrogens is 262 g/mol. The van der Waals surface area contributed by atoms with Crippen LogP contribution in [0.5, 0.6) is 0 Å². The molecule has 0 fully saturated rings. The lowest BCUT2D eigenvalue weighted by Gasteiger charge is -2.16. The molecule has 20 heavy (non-hydrogen) atoms. The number of hydrogen-bond acceptors (Lipinski definition) is 4. The van der Waals surface area contributed by atoms with Crippen LogP contribution in [0.25, 0.3) is 0 Å². The molecule has 0 saturated carbocycles. The summed E-state index contributed by atoms with van der Waals surface area (Å²) in [5.74, 6) is -0.592. The minimum atomic E-state index is -0.667. The Labute approximate surface area is 116 Å². The van der Waals surface area contributed by atoms with Gasteiger partial charge in [-0.25, -0.2) is 4.79 Å². The summed E-state index contributed by atoms with van der Waals surface area (Å²) in [7, 11) is 2.90. The van der Waals surface area contributed by atoms with Crippen molar-refractivity contribution in [3.05, 3.63) is 29.8 Å². The Hall–Kier alpha value is -2.57. The van der Waals surface area contributed by atoms with E-state index in [-0.39, 0.29) is 24.8 Å². The van der Waals surface area contributed by atoms with Crippen molar-refractivity contribution in [3.63, 3.8) is 0 Å². The van der Waals surface area contributed by atoms with Crippen molar-refractivity contribution in [2.45, 2.75) is 6.42 Å². The fourth-order valence-corrected chi connectivity index (χ4v) is 1.52. The number of rotatable bonds is 5. The molecular formula is C13H17N3O4. The van der Waals surface area contributed by atoms with Gasteiger partial charge in [0.1, 0.15) is 0 Å². The number of methoxy groups -OCH3 is 1. The summed E-state index contributed by atoms with van der Waals surface area (Å²) >= 11 is 0. The van der Waals surface area contributed by atoms with Crippen LogP contribution in [0.1, 0.15) is 16.8 Å². The van der Waals surface area contributed by atoms with Crippen LogP contribution in [-0.4, -0.2) is 43.5 Å². The first-order chi connectivity index (χ1) is 9.43. The Morgan fingerprint density at radius 2 is 1.85 bits per heavy atom. The molecule has 1 aromatic rings. The number of primary amides is 1. The number of nitrogens with one attached hydrogen (secondary N) is 1. The van der Waals surface area contributed by atoms with Crippen LogP contribution < -0.4 is 11.1 Å². The molecule has 0 saturated heterocycles. The van der Waals surface area contributed by atoms with Crippen molar-refractivity contribution in [1.82, 2.24) is 4.90 Å². The lowest BCUT2D eigenvalue weighted by atomic mass is 10.2. The standard InChI is InChI=1S/C13H17N3O4/c1-16(8-7-11(17)20-2)12(18)9-3-5-10(6-4-9)15-13(14)19/h3-6H,7-8H2,1-2H3,(H3,14,15,19). The highest BCUT2D eigenvalue weighted by Crippen LogP contribution is 2.11. The summed E-state index contributed by atoms with van der Waals surface area (Å²) in [5, 5.41) is 2.40. The molecule has 0 atom stereocenters. The number of amides is 3. The second kappa shape index (κ2) is 7.13. The van der Waals surface area contributed by atoms with Crippen molar-refractivity contribution < 1.29 is 19.1 Å². The first-order valence-corrected chi connectivity index (χ1v) is 5.93. The van der Waals surface area contributed by atoms with E-state index in [0.717, 1.165) is 0 Å². The zero-order chi connectivity index (χ0) is 15.1. The number of carbonyl (C=O) groups excluding carboxylic acids is 3. The van der Waals surface area contributed by atoms with E-state index >= 15 is 0 Å². The Bertz CT molecular complexity index is 499. The van der Waals surface area contributed by atoms with Crippen molar-refractivity contribution in [1.29, 1.82) is 0 Å². The molecule has 0 unspecified atom stereocenters. The minimum Gasteiger partial charge on any atom is -0.469 e. The number of nitrogens with zero attached hydrogens (tertiary/aromatic N) is 1. The molecule has 108 valence electrons. The molecule has 0 aliphatic carbocycles. The SMILES string of the molecule is COC(=O)CCN(C)C(=O)c1ccc(NC(N)=O)cc1. The number of nitrogens with two attached hydrogens (primary N) is 1. The molecule has 0 aliphatic heterocycles. The van der Waals surface area contributed by atoms with E-state index < -0.39 is 6.03 Å². The van der Waals surface area contributed by atoms with Crippen LogP contribution in [0.3, 0.4) is 0 Å². The van der Waals surface area contributed by atoms with Gasteiger partial charge in [0.05, 0.1) is 13.5 Å². The Morgan fingerprint density at radius 3 is 2.35 bits per heavy atom. The van der Waals surface area contributed by atoms with E-state index in [1.165, 1.54) is 12.0 Å². The quantitative estimate of drug-likeness (QED) is 0.779. The van der Waals surface area contributed by atoms with Gasteiger partial charge in [0.2, 0.25) is 0 Å². The largest absolute Gasteiger partial charge is 0.469 e. The van der Waals surface area contributed by atoms with Gasteiger partial charge in [-0.2, -0.15) is 0 Å². The smallest absolute Gasteiger partial charge is 0.316 e. The average Bonchev–Trinajstić information content (AvgIpc) is 2.43. The summed E-state index contributed by atoms with van der Waals surface area (Å²) in [6.45, 7) is 0.271. The van der Waals surface area contributed by atoms with Gasteiger partial charge in [-0.05, 0) is 24.3 Å². The molecule has 0 spiro atoms. The van der Waals surface area contributed by atoms with Gasteiger partial charge in [0, 0.05) is 24.8 Å². The molecule has 1 rings (SSSR count). The fourth-order valence-electron chi connectivity index (χ4n) is 1.52. The lowest BCUT2D eigenvalue weighted by molar-refractivity contribution is -0.140. The predicted molar refractivity (Wildman–Crippen MR) is 73.2 cm³/mol. The van der Waals surface area contributed by atoms with E-state index in [2.05, 4.69) is 10.1 Å². The van der Waals surface area contributed by atoms with Crippen LogP contribution in [0.4, 0.5) is 10.5 Å². The van der Waals surface area contributed by atoms with Crippen molar-refractivity contribution >= 4 is 23.6 Å². The third-order valence-corrected chi connectivity index (χ3v) is 2.63. The predicted octanol–water partition coefficient (Wildman–Crippen LogP) is 0.812. The van der Waals surface area contributed by atoms with Crippen LogP contribution in [0, 0.1) is 0 Å². The molecule has 0 aromatic heterocycles. The van der Waals surface area contributed by atoms with Gasteiger partial charge in [-0.15, -0.1) is 0 Å². The normalized spacial score (nSPS) is 9.70. The molecule has 1 aromatic carbocycles. The molecule has 7 heteroatoms. The molecule has 0 heterocycles. The summed E-state index contributed by atoms with van der Waals surface area (Å²) in [4.78, 5) is 35.1. The van der Waals surface area contributed by atoms with Crippen molar-refractivity contribution in [3.8, 4) is 0 Å². The van der Waals surface area contributed by atoms with Gasteiger partial charge < -0.3 is 20.7 Å². The maximum atomic E-state index is 12.0. The zero-order valence-electron chi connectivity index (χ0n) is 11.4. The van der Waals surface area contributed by atoms with Gasteiger partial charge in [0.15, 0.2) is 0 Å². The number of hydrogen-bond donors (Lipinski definition) is 2. The van der Waals surface area contributed by atoms with Gasteiger partial charge >= 0.3 is 12.0 Å². The monoisotopic (exact) mass is 279 g/mol. The van der Waals surface area contributed by atoms with E-state index in [1.54, 1.807) is 31.3 Å². The first-order valence-electron chi connectivity index (χ1n) is 5.93. The van der Waals surface area contributed by atoms with Gasteiger partial charge in [0.25, 0.3) is 5.91 Å². The maximum Gasteiger partial charge on any atom is 0.316 e. The van der Waals surface area contributed by atoms with Crippen molar-refractivity contribution in [2.24, 2.45) is 5.73 Å². The third kappa shape index (κ3) is 4.60. The van der Waals surface area contributed by atoms with Crippen LogP contribution in [-0.2, 0) is 9.53 Å².